The normalized spacial score (nSPS) is 30.8. The topological polar surface area (TPSA) is 105 Å². The number of esters is 4. The van der Waals surface area contributed by atoms with Crippen molar-refractivity contribution in [3.8, 4) is 11.8 Å². The van der Waals surface area contributed by atoms with E-state index in [0.717, 1.165) is 0 Å². The number of allylic oxidation sites excluding steroid dienone is 4. The van der Waals surface area contributed by atoms with Crippen molar-refractivity contribution in [1.29, 1.82) is 0 Å². The lowest BCUT2D eigenvalue weighted by molar-refractivity contribution is -0.159. The van der Waals surface area contributed by atoms with Gasteiger partial charge in [0.15, 0.2) is 13.2 Å². The first-order valence-corrected chi connectivity index (χ1v) is 10.6. The van der Waals surface area contributed by atoms with E-state index in [-0.39, 0.29) is 26.4 Å². The van der Waals surface area contributed by atoms with Crippen LogP contribution >= 0.6 is 0 Å². The first-order valence-electron chi connectivity index (χ1n) is 10.6. The molecule has 3 rings (SSSR count). The second kappa shape index (κ2) is 11.9. The quantitative estimate of drug-likeness (QED) is 0.242. The first kappa shape index (κ1) is 23.3. The molecule has 0 unspecified atom stereocenters. The van der Waals surface area contributed by atoms with Crippen LogP contribution in [-0.4, -0.2) is 50.3 Å². The molecule has 0 saturated heterocycles. The minimum Gasteiger partial charge on any atom is -0.461 e. The average Bonchev–Trinajstić information content (AvgIpc) is 2.82. The van der Waals surface area contributed by atoms with Crippen molar-refractivity contribution in [2.24, 2.45) is 23.7 Å². The predicted octanol–water partition coefficient (Wildman–Crippen LogP) is 1.90. The van der Waals surface area contributed by atoms with E-state index in [1.165, 1.54) is 0 Å². The number of carbonyl (C=O) groups excluding carboxylic acids is 4. The van der Waals surface area contributed by atoms with E-state index in [9.17, 15) is 19.2 Å². The van der Waals surface area contributed by atoms with Gasteiger partial charge in [-0.2, -0.15) is 0 Å². The van der Waals surface area contributed by atoms with E-state index in [1.54, 1.807) is 12.2 Å². The summed E-state index contributed by atoms with van der Waals surface area (Å²) in [6.45, 7) is -0.375. The number of carbonyl (C=O) groups is 4. The second-order valence-corrected chi connectivity index (χ2v) is 7.61. The lowest BCUT2D eigenvalue weighted by Gasteiger charge is -2.25. The van der Waals surface area contributed by atoms with E-state index in [1.807, 2.05) is 24.3 Å². The summed E-state index contributed by atoms with van der Waals surface area (Å²) in [6.07, 6.45) is 12.0. The lowest BCUT2D eigenvalue weighted by Crippen LogP contribution is -2.34. The van der Waals surface area contributed by atoms with Gasteiger partial charge in [0.1, 0.15) is 13.2 Å². The van der Waals surface area contributed by atoms with Crippen molar-refractivity contribution in [3.63, 3.8) is 0 Å². The Labute approximate surface area is 186 Å². The van der Waals surface area contributed by atoms with E-state index in [2.05, 4.69) is 11.8 Å². The largest absolute Gasteiger partial charge is 0.461 e. The van der Waals surface area contributed by atoms with Crippen molar-refractivity contribution in [2.45, 2.75) is 25.7 Å². The van der Waals surface area contributed by atoms with Crippen molar-refractivity contribution < 1.29 is 38.1 Å². The van der Waals surface area contributed by atoms with Gasteiger partial charge in [-0.15, -0.1) is 0 Å². The molecule has 0 aromatic heterocycles. The van der Waals surface area contributed by atoms with Crippen LogP contribution in [0.4, 0.5) is 0 Å². The molecule has 0 aromatic carbocycles. The highest BCUT2D eigenvalue weighted by molar-refractivity contribution is 5.83. The summed E-state index contributed by atoms with van der Waals surface area (Å²) < 4.78 is 20.9. The number of ether oxygens (including phenoxy) is 4. The van der Waals surface area contributed by atoms with Crippen LogP contribution in [-0.2, 0) is 38.1 Å². The summed E-state index contributed by atoms with van der Waals surface area (Å²) in [4.78, 5) is 49.7. The summed E-state index contributed by atoms with van der Waals surface area (Å²) in [6, 6.07) is 0. The van der Waals surface area contributed by atoms with Gasteiger partial charge in [0.25, 0.3) is 0 Å². The van der Waals surface area contributed by atoms with Gasteiger partial charge in [0.2, 0.25) is 0 Å². The standard InChI is InChI=1S/C24H26O8/c25-21-17-9-1-2-10-18(17)22(26)30-14-7-8-16-32-24(28)20-12-4-3-11-19(20)23(27)31-15-6-5-13-29-21/h1-6,17-20H,9-16H2/b6-5-/t17-,18+,19+,20-. The Balaban J connectivity index is 1.68. The van der Waals surface area contributed by atoms with Gasteiger partial charge in [0.05, 0.1) is 23.7 Å². The summed E-state index contributed by atoms with van der Waals surface area (Å²) in [5.74, 6) is 0.711. The van der Waals surface area contributed by atoms with Crippen LogP contribution in [0.1, 0.15) is 25.7 Å². The third kappa shape index (κ3) is 6.33. The summed E-state index contributed by atoms with van der Waals surface area (Å²) in [7, 11) is 0. The maximum atomic E-state index is 12.4. The zero-order valence-electron chi connectivity index (χ0n) is 17.7. The smallest absolute Gasteiger partial charge is 0.311 e. The third-order valence-corrected chi connectivity index (χ3v) is 5.58. The zero-order chi connectivity index (χ0) is 22.8. The van der Waals surface area contributed by atoms with Crippen LogP contribution in [0.2, 0.25) is 0 Å². The minimum absolute atomic E-state index is 0.00897. The fraction of sp³-hybridized carbons (Fsp3) is 0.500. The van der Waals surface area contributed by atoms with E-state index < -0.39 is 47.5 Å². The number of hydrogen-bond acceptors (Lipinski definition) is 8. The molecule has 0 aromatic rings. The highest BCUT2D eigenvalue weighted by Crippen LogP contribution is 2.29. The lowest BCUT2D eigenvalue weighted by atomic mass is 9.83. The average molecular weight is 442 g/mol. The first-order chi connectivity index (χ1) is 15.6. The van der Waals surface area contributed by atoms with Crippen LogP contribution in [0.5, 0.6) is 0 Å². The molecule has 8 heteroatoms. The van der Waals surface area contributed by atoms with E-state index >= 15 is 0 Å². The fourth-order valence-corrected chi connectivity index (χ4v) is 3.81. The molecule has 0 bridgehead atoms. The predicted molar refractivity (Wildman–Crippen MR) is 111 cm³/mol. The molecule has 0 N–H and O–H groups in total. The van der Waals surface area contributed by atoms with Crippen LogP contribution in [0, 0.1) is 35.5 Å². The molecule has 2 aliphatic carbocycles. The van der Waals surface area contributed by atoms with Gasteiger partial charge >= 0.3 is 23.9 Å². The zero-order valence-corrected chi connectivity index (χ0v) is 17.7. The van der Waals surface area contributed by atoms with Crippen molar-refractivity contribution in [3.05, 3.63) is 36.5 Å². The molecule has 0 radical (unpaired) electrons. The Kier molecular flexibility index (Phi) is 8.67. The molecule has 170 valence electrons. The van der Waals surface area contributed by atoms with Gasteiger partial charge in [0, 0.05) is 0 Å². The molecule has 3 aliphatic rings. The number of rotatable bonds is 0. The monoisotopic (exact) mass is 442 g/mol. The molecule has 0 spiro atoms. The van der Waals surface area contributed by atoms with Gasteiger partial charge in [-0.05, 0) is 37.8 Å². The van der Waals surface area contributed by atoms with Gasteiger partial charge < -0.3 is 18.9 Å². The van der Waals surface area contributed by atoms with E-state index in [0.29, 0.717) is 25.7 Å². The molecule has 0 fully saturated rings. The third-order valence-electron chi connectivity index (χ3n) is 5.58. The number of fused-ring (bicyclic) bond motifs is 2. The molecule has 0 saturated carbocycles. The van der Waals surface area contributed by atoms with Crippen LogP contribution in [0.15, 0.2) is 36.5 Å². The Hall–Kier alpha value is -3.34. The molecule has 0 amide bonds. The highest BCUT2D eigenvalue weighted by Gasteiger charge is 2.37. The van der Waals surface area contributed by atoms with Crippen molar-refractivity contribution >= 4 is 23.9 Å². The Bertz CT molecular complexity index is 804. The second-order valence-electron chi connectivity index (χ2n) is 7.61. The Morgan fingerprint density at radius 2 is 0.812 bits per heavy atom. The minimum atomic E-state index is -0.640. The Morgan fingerprint density at radius 1 is 0.500 bits per heavy atom. The molecule has 8 nitrogen and oxygen atoms in total. The van der Waals surface area contributed by atoms with Gasteiger partial charge in [-0.1, -0.05) is 36.1 Å². The molecule has 1 heterocycles. The van der Waals surface area contributed by atoms with Gasteiger partial charge in [-0.3, -0.25) is 19.2 Å². The summed E-state index contributed by atoms with van der Waals surface area (Å²) >= 11 is 0. The molecular formula is C24H26O8. The number of cyclic esters (lactones) is 4. The van der Waals surface area contributed by atoms with Crippen LogP contribution in [0.25, 0.3) is 0 Å². The van der Waals surface area contributed by atoms with Crippen molar-refractivity contribution in [1.82, 2.24) is 0 Å². The van der Waals surface area contributed by atoms with Crippen molar-refractivity contribution in [2.75, 3.05) is 26.4 Å². The number of hydrogen-bond donors (Lipinski definition) is 0. The molecule has 4 atom stereocenters. The summed E-state index contributed by atoms with van der Waals surface area (Å²) in [5.41, 5.74) is 0. The maximum Gasteiger partial charge on any atom is 0.311 e. The fourth-order valence-electron chi connectivity index (χ4n) is 3.81. The van der Waals surface area contributed by atoms with Gasteiger partial charge in [-0.25, -0.2) is 0 Å². The highest BCUT2D eigenvalue weighted by atomic mass is 16.5. The van der Waals surface area contributed by atoms with Crippen LogP contribution in [0.3, 0.4) is 0 Å². The maximum absolute atomic E-state index is 12.4. The molecule has 1 aliphatic heterocycles. The Morgan fingerprint density at radius 3 is 1.16 bits per heavy atom. The van der Waals surface area contributed by atoms with E-state index in [4.69, 9.17) is 18.9 Å². The molecule has 32 heavy (non-hydrogen) atoms. The SMILES string of the molecule is O=C1OC/C=C\COC(=O)[C@@H]2CC=CC[C@@H]2C(=O)OCC#CCOC(=O)[C@@H]2CC=CC[C@H]12. The van der Waals surface area contributed by atoms with Crippen LogP contribution < -0.4 is 0 Å². The molecular weight excluding hydrogens is 416 g/mol. The summed E-state index contributed by atoms with van der Waals surface area (Å²) in [5, 5.41) is 0.